The summed E-state index contributed by atoms with van der Waals surface area (Å²) < 4.78 is 57.2. The zero-order valence-electron chi connectivity index (χ0n) is 42.8. The molecule has 2 unspecified atom stereocenters. The first-order chi connectivity index (χ1) is 35.5. The fourth-order valence-electron chi connectivity index (χ4n) is 7.12. The van der Waals surface area contributed by atoms with Crippen molar-refractivity contribution in [2.24, 2.45) is 0 Å². The Morgan fingerprint density at radius 3 is 1.12 bits per heavy atom. The van der Waals surface area contributed by atoms with Gasteiger partial charge in [0.1, 0.15) is 87.4 Å². The number of ether oxygens (including phenoxy) is 10. The maximum Gasteiger partial charge on any atom is 0.338 e. The molecule has 0 radical (unpaired) electrons. The Kier molecular flexibility index (Phi) is 23.1. The van der Waals surface area contributed by atoms with Crippen LogP contribution in [0.3, 0.4) is 0 Å². The Balaban J connectivity index is 1.50. The third-order valence-corrected chi connectivity index (χ3v) is 10.5. The van der Waals surface area contributed by atoms with Crippen molar-refractivity contribution >= 4 is 29.8 Å². The van der Waals surface area contributed by atoms with Gasteiger partial charge in [0.05, 0.1) is 17.5 Å². The van der Waals surface area contributed by atoms with Crippen molar-refractivity contribution in [3.05, 3.63) is 94.0 Å². The van der Waals surface area contributed by atoms with E-state index >= 15 is 0 Å². The molecule has 1 amide bonds. The monoisotopic (exact) mass is 1010 g/mol. The van der Waals surface area contributed by atoms with Crippen LogP contribution in [0.1, 0.15) is 75.6 Å². The van der Waals surface area contributed by atoms with Gasteiger partial charge in [0.2, 0.25) is 5.91 Å². The molecule has 4 aromatic rings. The van der Waals surface area contributed by atoms with E-state index in [4.69, 9.17) is 73.1 Å². The standard InChI is InChI=1S/C58H61NO15/c1-12-17-53(61)73-50(36-71-57(63)44-28-46(65-20-13-2)32-47(29-44)66-21-14-3)34-69-55-38(6)24-42(25-39(55)7)43-26-40(8)56(41(9)27-43)70-35-51(74-54(62)19-18-52(60)59(10)11)37-72-58(64)45-30-48(67-22-15-4)33-49(31-45)68-23-16-5/h2-5,24-33,50-51H,12,17-23,34-37H2,1,6-11H3. The number of amides is 1. The quantitative estimate of drug-likeness (QED) is 0.0308. The number of nitrogens with zero attached hydrogens (tertiary/aromatic N) is 1. The van der Waals surface area contributed by atoms with Crippen LogP contribution in [0.25, 0.3) is 11.1 Å². The molecule has 4 aromatic carbocycles. The first-order valence-electron chi connectivity index (χ1n) is 23.5. The summed E-state index contributed by atoms with van der Waals surface area (Å²) in [5, 5.41) is 0. The van der Waals surface area contributed by atoms with Crippen LogP contribution < -0.4 is 28.4 Å². The lowest BCUT2D eigenvalue weighted by atomic mass is 9.96. The van der Waals surface area contributed by atoms with E-state index in [1.54, 1.807) is 20.2 Å². The molecule has 4 rings (SSSR count). The minimum absolute atomic E-state index is 0.0476. The normalized spacial score (nSPS) is 11.1. The smallest absolute Gasteiger partial charge is 0.338 e. The molecular formula is C58H61NO15. The van der Waals surface area contributed by atoms with E-state index in [1.165, 1.54) is 35.2 Å². The van der Waals surface area contributed by atoms with Gasteiger partial charge in [-0.15, -0.1) is 25.7 Å². The highest BCUT2D eigenvalue weighted by Gasteiger charge is 2.24. The molecule has 0 aliphatic carbocycles. The van der Waals surface area contributed by atoms with Crippen LogP contribution in [0, 0.1) is 77.1 Å². The van der Waals surface area contributed by atoms with Crippen LogP contribution >= 0.6 is 0 Å². The van der Waals surface area contributed by atoms with Gasteiger partial charge < -0.3 is 52.3 Å². The SMILES string of the molecule is C#CCOc1cc(OCC#C)cc(C(=O)OCC(COc2c(C)cc(-c3cc(C)c(OCC(COC(=O)c4cc(OCC#C)cc(OCC#C)c4)OC(=O)CCC(=O)N(C)C)c(C)c3)cc2C)OC(=O)CCC)c1. The van der Waals surface area contributed by atoms with Gasteiger partial charge in [0.15, 0.2) is 12.2 Å². The molecule has 16 heteroatoms. The Morgan fingerprint density at radius 2 is 0.811 bits per heavy atom. The molecule has 0 aromatic heterocycles. The zero-order valence-corrected chi connectivity index (χ0v) is 42.8. The molecule has 0 bridgehead atoms. The minimum atomic E-state index is -1.08. The molecule has 16 nitrogen and oxygen atoms in total. The number of benzene rings is 4. The van der Waals surface area contributed by atoms with Gasteiger partial charge in [0.25, 0.3) is 0 Å². The molecule has 388 valence electrons. The van der Waals surface area contributed by atoms with E-state index in [0.717, 1.165) is 33.4 Å². The maximum atomic E-state index is 13.4. The molecule has 74 heavy (non-hydrogen) atoms. The van der Waals surface area contributed by atoms with Crippen LogP contribution in [0.15, 0.2) is 60.7 Å². The highest BCUT2D eigenvalue weighted by molar-refractivity contribution is 5.91. The predicted octanol–water partition coefficient (Wildman–Crippen LogP) is 7.60. The van der Waals surface area contributed by atoms with Crippen molar-refractivity contribution < 1.29 is 71.3 Å². The second-order valence-electron chi connectivity index (χ2n) is 16.8. The molecule has 0 aliphatic rings. The van der Waals surface area contributed by atoms with Gasteiger partial charge in [-0.05, 0) is 116 Å². The summed E-state index contributed by atoms with van der Waals surface area (Å²) in [4.78, 5) is 66.0. The van der Waals surface area contributed by atoms with Crippen molar-refractivity contribution in [2.75, 3.05) is 67.0 Å². The average molecular weight is 1010 g/mol. The number of carbonyl (C=O) groups is 5. The fourth-order valence-corrected chi connectivity index (χ4v) is 7.12. The molecule has 0 saturated carbocycles. The zero-order chi connectivity index (χ0) is 54.2. The van der Waals surface area contributed by atoms with E-state index in [1.807, 2.05) is 58.9 Å². The minimum Gasteiger partial charge on any atom is -0.489 e. The van der Waals surface area contributed by atoms with E-state index in [2.05, 4.69) is 23.7 Å². The largest absolute Gasteiger partial charge is 0.489 e. The van der Waals surface area contributed by atoms with E-state index < -0.39 is 42.7 Å². The number of hydrogen-bond donors (Lipinski definition) is 0. The van der Waals surface area contributed by atoms with Crippen molar-refractivity contribution in [2.45, 2.75) is 72.5 Å². The average Bonchev–Trinajstić information content (AvgIpc) is 3.37. The third-order valence-electron chi connectivity index (χ3n) is 10.5. The lowest BCUT2D eigenvalue weighted by Crippen LogP contribution is -2.32. The molecule has 0 N–H and O–H groups in total. The van der Waals surface area contributed by atoms with Crippen LogP contribution in [0.5, 0.6) is 34.5 Å². The number of aryl methyl sites for hydroxylation is 4. The first kappa shape index (κ1) is 57.8. The van der Waals surface area contributed by atoms with Gasteiger partial charge in [0, 0.05) is 39.1 Å². The van der Waals surface area contributed by atoms with E-state index in [9.17, 15) is 24.0 Å². The summed E-state index contributed by atoms with van der Waals surface area (Å²) in [5.41, 5.74) is 4.98. The van der Waals surface area contributed by atoms with Gasteiger partial charge in [-0.3, -0.25) is 14.4 Å². The predicted molar refractivity (Wildman–Crippen MR) is 275 cm³/mol. The summed E-state index contributed by atoms with van der Waals surface area (Å²) in [5.74, 6) is 8.59. The van der Waals surface area contributed by atoms with Gasteiger partial charge in [-0.2, -0.15) is 0 Å². The molecule has 0 heterocycles. The van der Waals surface area contributed by atoms with Crippen molar-refractivity contribution in [3.8, 4) is 95.0 Å². The summed E-state index contributed by atoms with van der Waals surface area (Å²) >= 11 is 0. The number of carbonyl (C=O) groups excluding carboxylic acids is 5. The maximum absolute atomic E-state index is 13.4. The number of rotatable bonds is 28. The van der Waals surface area contributed by atoms with Crippen LogP contribution in [-0.4, -0.2) is 114 Å². The Hall–Kier alpha value is -8.73. The summed E-state index contributed by atoms with van der Waals surface area (Å²) in [6, 6.07) is 16.6. The summed E-state index contributed by atoms with van der Waals surface area (Å²) in [6.45, 7) is 8.07. The highest BCUT2D eigenvalue weighted by Crippen LogP contribution is 2.35. The molecular weight excluding hydrogens is 951 g/mol. The Labute approximate surface area is 433 Å². The van der Waals surface area contributed by atoms with Crippen LogP contribution in [-0.2, 0) is 33.3 Å². The molecule has 0 fully saturated rings. The molecule has 0 spiro atoms. The van der Waals surface area contributed by atoms with Gasteiger partial charge in [-0.1, -0.05) is 30.6 Å². The fraction of sp³-hybridized carbons (Fsp3) is 0.362. The molecule has 2 atom stereocenters. The van der Waals surface area contributed by atoms with Crippen molar-refractivity contribution in [1.29, 1.82) is 0 Å². The number of terminal acetylenes is 4. The van der Waals surface area contributed by atoms with E-state index in [0.29, 0.717) is 17.9 Å². The number of hydrogen-bond acceptors (Lipinski definition) is 15. The second kappa shape index (κ2) is 29.6. The van der Waals surface area contributed by atoms with Crippen molar-refractivity contribution in [3.63, 3.8) is 0 Å². The number of esters is 4. The van der Waals surface area contributed by atoms with Gasteiger partial charge in [-0.25, -0.2) is 9.59 Å². The molecule has 0 aliphatic heterocycles. The lowest BCUT2D eigenvalue weighted by Gasteiger charge is -2.22. The topological polar surface area (TPSA) is 181 Å². The Bertz CT molecular complexity index is 2680. The highest BCUT2D eigenvalue weighted by atomic mass is 16.6. The second-order valence-corrected chi connectivity index (χ2v) is 16.8. The van der Waals surface area contributed by atoms with Crippen LogP contribution in [0.2, 0.25) is 0 Å². The molecule has 0 saturated heterocycles. The summed E-state index contributed by atoms with van der Waals surface area (Å²) in [7, 11) is 3.16. The first-order valence-corrected chi connectivity index (χ1v) is 23.5. The van der Waals surface area contributed by atoms with Crippen molar-refractivity contribution in [1.82, 2.24) is 4.90 Å². The summed E-state index contributed by atoms with van der Waals surface area (Å²) in [6.07, 6.45) is 19.7. The lowest BCUT2D eigenvalue weighted by molar-refractivity contribution is -0.154. The van der Waals surface area contributed by atoms with E-state index in [-0.39, 0.29) is 106 Å². The van der Waals surface area contributed by atoms with Crippen LogP contribution in [0.4, 0.5) is 0 Å². The van der Waals surface area contributed by atoms with Gasteiger partial charge >= 0.3 is 23.9 Å². The third kappa shape index (κ3) is 18.5. The Morgan fingerprint density at radius 1 is 0.473 bits per heavy atom.